The van der Waals surface area contributed by atoms with Crippen molar-refractivity contribution in [3.63, 3.8) is 0 Å². The molecule has 1 amide bonds. The van der Waals surface area contributed by atoms with Gasteiger partial charge in [0, 0.05) is 19.8 Å². The fourth-order valence-corrected chi connectivity index (χ4v) is 3.95. The summed E-state index contributed by atoms with van der Waals surface area (Å²) in [6.07, 6.45) is 1.36. The molecule has 3 heterocycles. The monoisotopic (exact) mass is 397 g/mol. The number of amides is 1. The first-order chi connectivity index (χ1) is 12.8. The second kappa shape index (κ2) is 6.99. The van der Waals surface area contributed by atoms with Crippen molar-refractivity contribution in [3.8, 4) is 0 Å². The van der Waals surface area contributed by atoms with Gasteiger partial charge in [-0.25, -0.2) is 9.18 Å². The van der Waals surface area contributed by atoms with Gasteiger partial charge in [-0.1, -0.05) is 0 Å². The molecule has 0 atom stereocenters. The quantitative estimate of drug-likeness (QED) is 0.626. The van der Waals surface area contributed by atoms with E-state index in [0.717, 1.165) is 0 Å². The normalized spacial score (nSPS) is 28.0. The summed E-state index contributed by atoms with van der Waals surface area (Å²) >= 11 is 0. The lowest BCUT2D eigenvalue weighted by Crippen LogP contribution is -2.51. The molecule has 0 N–H and O–H groups in total. The smallest absolute Gasteiger partial charge is 0.444 e. The van der Waals surface area contributed by atoms with Crippen LogP contribution in [0, 0.1) is 0 Å². The lowest BCUT2D eigenvalue weighted by atomic mass is 9.80. The van der Waals surface area contributed by atoms with Crippen LogP contribution in [0.1, 0.15) is 67.7 Å². The van der Waals surface area contributed by atoms with Gasteiger partial charge in [0.2, 0.25) is 0 Å². The van der Waals surface area contributed by atoms with E-state index in [1.165, 1.54) is 0 Å². The van der Waals surface area contributed by atoms with Gasteiger partial charge in [-0.2, -0.15) is 0 Å². The van der Waals surface area contributed by atoms with E-state index in [9.17, 15) is 4.79 Å². The van der Waals surface area contributed by atoms with E-state index < -0.39 is 41.3 Å². The summed E-state index contributed by atoms with van der Waals surface area (Å²) in [5.74, 6) is 0. The Kier molecular flexibility index (Phi) is 5.39. The third-order valence-electron chi connectivity index (χ3n) is 6.30. The molecule has 0 unspecified atom stereocenters. The van der Waals surface area contributed by atoms with E-state index in [1.807, 2.05) is 48.5 Å². The minimum atomic E-state index is -1.05. The summed E-state index contributed by atoms with van der Waals surface area (Å²) in [5, 5.41) is 0. The maximum atomic E-state index is 15.4. The molecule has 6 nitrogen and oxygen atoms in total. The van der Waals surface area contributed by atoms with Gasteiger partial charge in [-0.05, 0) is 73.3 Å². The Morgan fingerprint density at radius 3 is 2.14 bits per heavy atom. The van der Waals surface area contributed by atoms with Crippen molar-refractivity contribution in [2.75, 3.05) is 19.8 Å². The zero-order valence-electron chi connectivity index (χ0n) is 18.2. The number of halogens is 1. The summed E-state index contributed by atoms with van der Waals surface area (Å²) in [5.41, 5.74) is -2.19. The second-order valence-electron chi connectivity index (χ2n) is 10.1. The Bertz CT molecular complexity index is 648. The van der Waals surface area contributed by atoms with Crippen LogP contribution in [0.5, 0.6) is 0 Å². The average molecular weight is 397 g/mol. The molecule has 28 heavy (non-hydrogen) atoms. The Balaban J connectivity index is 1.87. The van der Waals surface area contributed by atoms with Crippen LogP contribution in [-0.2, 0) is 18.8 Å². The van der Waals surface area contributed by atoms with Crippen LogP contribution in [0.3, 0.4) is 0 Å². The van der Waals surface area contributed by atoms with Crippen molar-refractivity contribution in [3.05, 3.63) is 11.3 Å². The number of likely N-dealkylation sites (tertiary alicyclic amines) is 1. The molecule has 3 fully saturated rings. The van der Waals surface area contributed by atoms with E-state index in [2.05, 4.69) is 0 Å². The van der Waals surface area contributed by atoms with Gasteiger partial charge in [0.05, 0.1) is 16.7 Å². The lowest BCUT2D eigenvalue weighted by Gasteiger charge is -2.41. The zero-order valence-corrected chi connectivity index (χ0v) is 18.2. The van der Waals surface area contributed by atoms with Gasteiger partial charge in [0.1, 0.15) is 11.3 Å². The van der Waals surface area contributed by atoms with Crippen LogP contribution >= 0.6 is 0 Å². The fraction of sp³-hybridized carbons (Fsp3) is 0.850. The highest BCUT2D eigenvalue weighted by atomic mass is 19.1. The maximum absolute atomic E-state index is 15.4. The molecule has 0 saturated carbocycles. The van der Waals surface area contributed by atoms with Crippen LogP contribution in [-0.4, -0.2) is 60.2 Å². The van der Waals surface area contributed by atoms with Crippen LogP contribution < -0.4 is 0 Å². The Labute approximate surface area is 167 Å². The van der Waals surface area contributed by atoms with E-state index in [1.54, 1.807) is 4.90 Å². The summed E-state index contributed by atoms with van der Waals surface area (Å²) in [6, 6.07) is 0. The molecule has 3 aliphatic rings. The van der Waals surface area contributed by atoms with E-state index in [4.69, 9.17) is 18.8 Å². The Morgan fingerprint density at radius 1 is 1.11 bits per heavy atom. The number of carbonyl (C=O) groups excluding carboxylic acids is 1. The molecule has 0 aromatic rings. The van der Waals surface area contributed by atoms with Gasteiger partial charge >= 0.3 is 13.2 Å². The highest BCUT2D eigenvalue weighted by molar-refractivity contribution is 6.53. The number of rotatable bonds is 1. The zero-order chi connectivity index (χ0) is 21.0. The minimum Gasteiger partial charge on any atom is -0.444 e. The van der Waals surface area contributed by atoms with Crippen LogP contribution in [0.4, 0.5) is 9.18 Å². The number of carbonyl (C=O) groups is 1. The largest absolute Gasteiger partial charge is 0.525 e. The van der Waals surface area contributed by atoms with Crippen LogP contribution in [0.2, 0.25) is 0 Å². The van der Waals surface area contributed by atoms with Crippen molar-refractivity contribution >= 4 is 13.2 Å². The van der Waals surface area contributed by atoms with Gasteiger partial charge in [-0.15, -0.1) is 0 Å². The molecule has 0 aromatic carbocycles. The summed E-state index contributed by atoms with van der Waals surface area (Å²) < 4.78 is 38.3. The van der Waals surface area contributed by atoms with Gasteiger partial charge < -0.3 is 18.8 Å². The van der Waals surface area contributed by atoms with Gasteiger partial charge in [0.25, 0.3) is 0 Å². The molecule has 0 radical (unpaired) electrons. The van der Waals surface area contributed by atoms with E-state index >= 15 is 4.39 Å². The van der Waals surface area contributed by atoms with Crippen molar-refractivity contribution < 1.29 is 28.0 Å². The van der Waals surface area contributed by atoms with Crippen LogP contribution in [0.15, 0.2) is 11.3 Å². The lowest BCUT2D eigenvalue weighted by molar-refractivity contribution is -0.0290. The highest BCUT2D eigenvalue weighted by Crippen LogP contribution is 2.45. The van der Waals surface area contributed by atoms with Crippen LogP contribution in [0.25, 0.3) is 0 Å². The molecule has 3 rings (SSSR count). The van der Waals surface area contributed by atoms with Gasteiger partial charge in [-0.3, -0.25) is 4.90 Å². The highest BCUT2D eigenvalue weighted by Gasteiger charge is 2.55. The number of nitrogens with zero attached hydrogens (tertiary/aromatic N) is 1. The molecule has 3 aliphatic heterocycles. The molecule has 158 valence electrons. The summed E-state index contributed by atoms with van der Waals surface area (Å²) in [7, 11) is -1.05. The molecular formula is C20H33BFNO5. The van der Waals surface area contributed by atoms with Crippen molar-refractivity contribution in [1.82, 2.24) is 4.90 Å². The summed E-state index contributed by atoms with van der Waals surface area (Å²) in [6.45, 7) is 14.4. The molecular weight excluding hydrogens is 364 g/mol. The molecule has 1 spiro atoms. The molecule has 3 saturated heterocycles. The number of ether oxygens (including phenoxy) is 2. The number of hydrogen-bond acceptors (Lipinski definition) is 5. The molecule has 0 aliphatic carbocycles. The topological polar surface area (TPSA) is 57.2 Å². The first-order valence-corrected chi connectivity index (χ1v) is 10.1. The molecule has 8 heteroatoms. The van der Waals surface area contributed by atoms with Gasteiger partial charge in [0.15, 0.2) is 0 Å². The third-order valence-corrected chi connectivity index (χ3v) is 6.30. The first-order valence-electron chi connectivity index (χ1n) is 10.1. The summed E-state index contributed by atoms with van der Waals surface area (Å²) in [4.78, 5) is 14.6. The predicted molar refractivity (Wildman–Crippen MR) is 105 cm³/mol. The third kappa shape index (κ3) is 3.96. The molecule has 0 bridgehead atoms. The predicted octanol–water partition coefficient (Wildman–Crippen LogP) is 4.03. The van der Waals surface area contributed by atoms with Crippen molar-refractivity contribution in [1.29, 1.82) is 0 Å². The van der Waals surface area contributed by atoms with Crippen molar-refractivity contribution in [2.45, 2.75) is 90.1 Å². The maximum Gasteiger partial charge on any atom is 0.525 e. The number of hydrogen-bond donors (Lipinski definition) is 0. The van der Waals surface area contributed by atoms with E-state index in [-0.39, 0.29) is 6.54 Å². The first kappa shape index (κ1) is 21.6. The van der Waals surface area contributed by atoms with E-state index in [0.29, 0.717) is 38.0 Å². The Hall–Kier alpha value is -1.12. The molecule has 0 aromatic heterocycles. The SMILES string of the molecule is CC(C)(C)OC(=O)N1CC(=C(F)B2OC(C)(C)C(C)(C)O2)CC12CCOCC2. The standard InChI is InChI=1S/C20H33BFNO5/c1-17(2,3)26-16(24)23-13-14(12-20(23)8-10-25-11-9-20)15(22)21-27-18(4,5)19(6,7)28-21/h8-13H2,1-7H3. The average Bonchev–Trinajstić information content (AvgIpc) is 3.01. The van der Waals surface area contributed by atoms with Crippen molar-refractivity contribution in [2.24, 2.45) is 0 Å². The Morgan fingerprint density at radius 2 is 1.64 bits per heavy atom. The minimum absolute atomic E-state index is 0.185. The second-order valence-corrected chi connectivity index (χ2v) is 10.1. The fourth-order valence-electron chi connectivity index (χ4n) is 3.95.